The van der Waals surface area contributed by atoms with Gasteiger partial charge in [-0.05, 0) is 19.1 Å². The van der Waals surface area contributed by atoms with Crippen LogP contribution in [0.3, 0.4) is 0 Å². The largest absolute Gasteiger partial charge is 0.375 e. The lowest BCUT2D eigenvalue weighted by Gasteiger charge is -2.33. The average molecular weight is 332 g/mol. The van der Waals surface area contributed by atoms with Crippen molar-refractivity contribution in [1.82, 2.24) is 4.98 Å². The lowest BCUT2D eigenvalue weighted by atomic mass is 10.1. The van der Waals surface area contributed by atoms with E-state index >= 15 is 0 Å². The van der Waals surface area contributed by atoms with Gasteiger partial charge in [0.05, 0.1) is 24.9 Å². The second kappa shape index (κ2) is 7.08. The lowest BCUT2D eigenvalue weighted by molar-refractivity contribution is -0.114. The molecule has 6 nitrogen and oxygen atoms in total. The minimum absolute atomic E-state index is 0.0420. The molecule has 23 heavy (non-hydrogen) atoms. The maximum absolute atomic E-state index is 11.3. The fourth-order valence-electron chi connectivity index (χ4n) is 2.55. The Balaban J connectivity index is 1.78. The van der Waals surface area contributed by atoms with Gasteiger partial charge in [-0.15, -0.1) is 11.3 Å². The fraction of sp³-hybridized carbons (Fsp3) is 0.375. The van der Waals surface area contributed by atoms with Crippen LogP contribution in [0.2, 0.25) is 0 Å². The first-order valence-electron chi connectivity index (χ1n) is 7.58. The molecule has 1 amide bonds. The van der Waals surface area contributed by atoms with Gasteiger partial charge in [0, 0.05) is 29.7 Å². The van der Waals surface area contributed by atoms with E-state index < -0.39 is 0 Å². The summed E-state index contributed by atoms with van der Waals surface area (Å²) in [5.41, 5.74) is 8.35. The van der Waals surface area contributed by atoms with Crippen molar-refractivity contribution in [2.45, 2.75) is 13.0 Å². The van der Waals surface area contributed by atoms with E-state index in [-0.39, 0.29) is 18.6 Å². The molecular weight excluding hydrogens is 312 g/mol. The summed E-state index contributed by atoms with van der Waals surface area (Å²) in [5, 5.41) is 5.19. The number of nitrogens with two attached hydrogens (primary N) is 1. The van der Waals surface area contributed by atoms with E-state index in [0.717, 1.165) is 36.6 Å². The highest BCUT2D eigenvalue weighted by molar-refractivity contribution is 7.14. The number of carbonyl (C=O) groups excluding carboxylic acids is 1. The van der Waals surface area contributed by atoms with Crippen molar-refractivity contribution < 1.29 is 9.53 Å². The van der Waals surface area contributed by atoms with E-state index in [9.17, 15) is 4.79 Å². The van der Waals surface area contributed by atoms with Crippen LogP contribution >= 0.6 is 11.3 Å². The number of carbonyl (C=O) groups is 1. The van der Waals surface area contributed by atoms with Gasteiger partial charge in [-0.2, -0.15) is 0 Å². The Morgan fingerprint density at radius 1 is 1.57 bits per heavy atom. The number of benzene rings is 1. The quantitative estimate of drug-likeness (QED) is 0.894. The first-order valence-corrected chi connectivity index (χ1v) is 8.46. The van der Waals surface area contributed by atoms with Crippen molar-refractivity contribution in [3.63, 3.8) is 0 Å². The maximum Gasteiger partial charge on any atom is 0.239 e. The predicted octanol–water partition coefficient (Wildman–Crippen LogP) is 1.93. The van der Waals surface area contributed by atoms with Gasteiger partial charge in [-0.25, -0.2) is 4.98 Å². The van der Waals surface area contributed by atoms with E-state index in [0.29, 0.717) is 5.13 Å². The molecule has 0 aliphatic carbocycles. The zero-order valence-corrected chi connectivity index (χ0v) is 13.8. The Morgan fingerprint density at radius 2 is 2.43 bits per heavy atom. The van der Waals surface area contributed by atoms with E-state index in [1.807, 2.05) is 17.5 Å². The van der Waals surface area contributed by atoms with Crippen molar-refractivity contribution in [2.75, 3.05) is 36.5 Å². The molecule has 1 aliphatic rings. The summed E-state index contributed by atoms with van der Waals surface area (Å²) in [7, 11) is 0. The number of aromatic nitrogens is 1. The van der Waals surface area contributed by atoms with Crippen molar-refractivity contribution in [3.05, 3.63) is 29.6 Å². The highest BCUT2D eigenvalue weighted by atomic mass is 32.1. The molecule has 0 spiro atoms. The van der Waals surface area contributed by atoms with Crippen LogP contribution in [-0.2, 0) is 9.53 Å². The number of rotatable bonds is 4. The lowest BCUT2D eigenvalue weighted by Crippen LogP contribution is -2.41. The molecule has 3 N–H and O–H groups in total. The SMILES string of the molecule is CC1CN(c2cccc(-c3csc(NC(=O)CN)n3)c2)CCO1. The standard InChI is InChI=1S/C16H20N4O2S/c1-11-9-20(5-6-22-11)13-4-2-3-12(7-13)14-10-23-16(18-14)19-15(21)8-17/h2-4,7,10-11H,5-6,8-9,17H2,1H3,(H,18,19,21). The molecule has 2 heterocycles. The third kappa shape index (κ3) is 3.87. The average Bonchev–Trinajstić information content (AvgIpc) is 3.03. The molecule has 3 rings (SSSR count). The molecule has 1 aromatic heterocycles. The molecule has 1 fully saturated rings. The van der Waals surface area contributed by atoms with Crippen LogP contribution in [0.1, 0.15) is 6.92 Å². The van der Waals surface area contributed by atoms with E-state index in [1.165, 1.54) is 11.3 Å². The number of anilines is 2. The number of amides is 1. The molecule has 0 bridgehead atoms. The normalized spacial score (nSPS) is 18.0. The van der Waals surface area contributed by atoms with Gasteiger partial charge in [0.25, 0.3) is 0 Å². The van der Waals surface area contributed by atoms with E-state index in [4.69, 9.17) is 10.5 Å². The summed E-state index contributed by atoms with van der Waals surface area (Å²) < 4.78 is 5.59. The molecule has 1 aromatic carbocycles. The number of hydrogen-bond acceptors (Lipinski definition) is 6. The topological polar surface area (TPSA) is 80.5 Å². The van der Waals surface area contributed by atoms with Crippen LogP contribution in [0.25, 0.3) is 11.3 Å². The highest BCUT2D eigenvalue weighted by Gasteiger charge is 2.17. The van der Waals surface area contributed by atoms with Crippen molar-refractivity contribution in [1.29, 1.82) is 0 Å². The fourth-order valence-corrected chi connectivity index (χ4v) is 3.28. The Labute approximate surface area is 139 Å². The highest BCUT2D eigenvalue weighted by Crippen LogP contribution is 2.28. The summed E-state index contributed by atoms with van der Waals surface area (Å²) in [6.45, 7) is 4.57. The molecular formula is C16H20N4O2S. The second-order valence-electron chi connectivity index (χ2n) is 5.47. The minimum Gasteiger partial charge on any atom is -0.375 e. The molecule has 7 heteroatoms. The van der Waals surface area contributed by atoms with Crippen molar-refractivity contribution >= 4 is 28.1 Å². The third-order valence-electron chi connectivity index (χ3n) is 3.68. The summed E-state index contributed by atoms with van der Waals surface area (Å²) in [5.74, 6) is -0.234. The predicted molar refractivity (Wildman–Crippen MR) is 92.9 cm³/mol. The Bertz CT molecular complexity index is 688. The zero-order valence-electron chi connectivity index (χ0n) is 13.0. The summed E-state index contributed by atoms with van der Waals surface area (Å²) >= 11 is 1.40. The zero-order chi connectivity index (χ0) is 16.2. The Morgan fingerprint density at radius 3 is 3.22 bits per heavy atom. The molecule has 1 aliphatic heterocycles. The van der Waals surface area contributed by atoms with E-state index in [2.05, 4.69) is 34.3 Å². The Hall–Kier alpha value is -1.96. The number of morpholine rings is 1. The van der Waals surface area contributed by atoms with Crippen LogP contribution in [0.4, 0.5) is 10.8 Å². The summed E-state index contributed by atoms with van der Waals surface area (Å²) in [4.78, 5) is 18.1. The van der Waals surface area contributed by atoms with Gasteiger partial charge in [0.15, 0.2) is 5.13 Å². The van der Waals surface area contributed by atoms with E-state index in [1.54, 1.807) is 0 Å². The smallest absolute Gasteiger partial charge is 0.239 e. The molecule has 122 valence electrons. The van der Waals surface area contributed by atoms with Gasteiger partial charge in [-0.3, -0.25) is 4.79 Å². The first kappa shape index (κ1) is 15.9. The third-order valence-corrected chi connectivity index (χ3v) is 4.44. The van der Waals surface area contributed by atoms with Crippen LogP contribution in [0.5, 0.6) is 0 Å². The van der Waals surface area contributed by atoms with Gasteiger partial charge < -0.3 is 20.7 Å². The summed E-state index contributed by atoms with van der Waals surface area (Å²) in [6, 6.07) is 8.28. The minimum atomic E-state index is -0.234. The van der Waals surface area contributed by atoms with Crippen molar-refractivity contribution in [2.24, 2.45) is 5.73 Å². The van der Waals surface area contributed by atoms with Crippen LogP contribution in [0.15, 0.2) is 29.6 Å². The van der Waals surface area contributed by atoms with Crippen molar-refractivity contribution in [3.8, 4) is 11.3 Å². The number of hydrogen-bond donors (Lipinski definition) is 2. The van der Waals surface area contributed by atoms with Gasteiger partial charge in [-0.1, -0.05) is 12.1 Å². The molecule has 1 unspecified atom stereocenters. The van der Waals surface area contributed by atoms with Gasteiger partial charge in [0.1, 0.15) is 0 Å². The molecule has 0 radical (unpaired) electrons. The van der Waals surface area contributed by atoms with Crippen LogP contribution in [0, 0.1) is 0 Å². The first-order chi connectivity index (χ1) is 11.2. The number of thiazole rings is 1. The van der Waals surface area contributed by atoms with Crippen LogP contribution < -0.4 is 16.0 Å². The summed E-state index contributed by atoms with van der Waals surface area (Å²) in [6.07, 6.45) is 0.241. The van der Waals surface area contributed by atoms with Crippen LogP contribution in [-0.4, -0.2) is 43.2 Å². The number of ether oxygens (including phenoxy) is 1. The molecule has 0 saturated carbocycles. The monoisotopic (exact) mass is 332 g/mol. The molecule has 2 aromatic rings. The number of nitrogens with zero attached hydrogens (tertiary/aromatic N) is 2. The molecule has 1 atom stereocenters. The Kier molecular flexibility index (Phi) is 4.90. The molecule has 1 saturated heterocycles. The number of nitrogens with one attached hydrogen (secondary N) is 1. The maximum atomic E-state index is 11.3. The second-order valence-corrected chi connectivity index (χ2v) is 6.33. The van der Waals surface area contributed by atoms with Gasteiger partial charge in [0.2, 0.25) is 5.91 Å². The van der Waals surface area contributed by atoms with Gasteiger partial charge >= 0.3 is 0 Å².